The molecule has 0 rings (SSSR count). The van der Waals surface area contributed by atoms with E-state index >= 15 is 0 Å². The fourth-order valence-electron chi connectivity index (χ4n) is 0. The molecule has 0 heterocycles. The second kappa shape index (κ2) is 29.4. The van der Waals surface area contributed by atoms with Crippen LogP contribution in [0.3, 0.4) is 0 Å². The van der Waals surface area contributed by atoms with Crippen molar-refractivity contribution in [2.45, 2.75) is 0 Å². The van der Waals surface area contributed by atoms with Gasteiger partial charge in [0.2, 0.25) is 0 Å². The molecule has 0 aromatic rings. The van der Waals surface area contributed by atoms with Gasteiger partial charge in [0.25, 0.3) is 0 Å². The van der Waals surface area contributed by atoms with Gasteiger partial charge >= 0.3 is 40.4 Å². The van der Waals surface area contributed by atoms with Gasteiger partial charge < -0.3 is 11.0 Å². The van der Waals surface area contributed by atoms with Crippen molar-refractivity contribution in [1.82, 2.24) is 0 Å². The van der Waals surface area contributed by atoms with Crippen LogP contribution in [0, 0.1) is 0 Å². The van der Waals surface area contributed by atoms with Crippen LogP contribution in [0.25, 0.3) is 0 Å². The zero-order chi connectivity index (χ0) is 0. The summed E-state index contributed by atoms with van der Waals surface area (Å²) in [6.07, 6.45) is 0. The van der Waals surface area contributed by atoms with Gasteiger partial charge in [-0.15, -0.1) is 0 Å². The van der Waals surface area contributed by atoms with E-state index in [1.807, 2.05) is 0 Å². The molecule has 0 fully saturated rings. The van der Waals surface area contributed by atoms with Gasteiger partial charge in [0.05, 0.1) is 0 Å². The van der Waals surface area contributed by atoms with E-state index < -0.39 is 0 Å². The Morgan fingerprint density at radius 3 is 0.750 bits per heavy atom. The Kier molecular flexibility index (Phi) is 460. The first kappa shape index (κ1) is 62.5. The zero-order valence-corrected chi connectivity index (χ0v) is 4.62. The Morgan fingerprint density at radius 1 is 0.750 bits per heavy atom. The van der Waals surface area contributed by atoms with Crippen LogP contribution in [-0.4, -0.2) is 23.1 Å². The summed E-state index contributed by atoms with van der Waals surface area (Å²) in [4.78, 5) is 0. The molecule has 0 N–H and O–H groups in total. The summed E-state index contributed by atoms with van der Waals surface area (Å²) < 4.78 is 0. The third-order valence-corrected chi connectivity index (χ3v) is 0. The fourth-order valence-corrected chi connectivity index (χ4v) is 0. The average molecular weight is 108 g/mol. The predicted molar refractivity (Wildman–Crippen MR) is 7.13 cm³/mol. The van der Waals surface area contributed by atoms with Gasteiger partial charge in [-0.05, 0) is 0 Å². The molecule has 0 aliphatic heterocycles. The molecule has 19 valence electrons. The molecule has 0 saturated heterocycles. The van der Waals surface area contributed by atoms with Gasteiger partial charge in [-0.3, -0.25) is 0 Å². The Balaban J connectivity index is 0. The quantitative estimate of drug-likeness (QED) is 0.371. The van der Waals surface area contributed by atoms with Crippen LogP contribution in [0.15, 0.2) is 0 Å². The first-order valence-electron chi connectivity index (χ1n) is 0. The van der Waals surface area contributed by atoms with Crippen LogP contribution < -0.4 is 0 Å². The second-order valence-corrected chi connectivity index (χ2v) is 0. The largest absolute Gasteiger partial charge is 3.00 e. The van der Waals surface area contributed by atoms with Crippen molar-refractivity contribution in [3.63, 3.8) is 0 Å². The molecule has 0 bridgehead atoms. The van der Waals surface area contributed by atoms with E-state index in [1.54, 1.807) is 0 Å². The minimum atomic E-state index is 0. The monoisotopic (exact) mass is 108 g/mol. The van der Waals surface area contributed by atoms with E-state index in [1.165, 1.54) is 0 Å². The summed E-state index contributed by atoms with van der Waals surface area (Å²) >= 11 is 0. The van der Waals surface area contributed by atoms with Gasteiger partial charge in [-0.1, -0.05) is 0 Å². The molecule has 2 nitrogen and oxygen atoms in total. The van der Waals surface area contributed by atoms with Crippen molar-refractivity contribution in [3.8, 4) is 0 Å². The molecule has 0 aromatic heterocycles. The smallest absolute Gasteiger partial charge is 2.00 e. The van der Waals surface area contributed by atoms with E-state index in [9.17, 15) is 0 Å². The van der Waals surface area contributed by atoms with E-state index in [2.05, 4.69) is 0 Å². The summed E-state index contributed by atoms with van der Waals surface area (Å²) in [7, 11) is 0. The molecule has 4 heavy (non-hydrogen) atoms. The second-order valence-electron chi connectivity index (χ2n) is 0. The van der Waals surface area contributed by atoms with E-state index in [-0.39, 0.29) is 51.4 Å². The Hall–Kier alpha value is 1.22. The standard InChI is InChI=1S/Cr.Mg.2O/q+3;+2;2*-2. The molecule has 1 radical (unpaired) electrons. The minimum absolute atomic E-state index is 0. The first-order chi connectivity index (χ1) is 0. The fraction of sp³-hybridized carbons (Fsp3) is 0. The molecule has 0 spiro atoms. The predicted octanol–water partition coefficient (Wildman–Crippen LogP) is -0.621. The maximum absolute atomic E-state index is 0. The third kappa shape index (κ3) is 10.7. The minimum Gasteiger partial charge on any atom is -2.00 e. The summed E-state index contributed by atoms with van der Waals surface area (Å²) in [5, 5.41) is 0. The number of hydrogen-bond donors (Lipinski definition) is 0. The Bertz CT molecular complexity index is 6.00. The van der Waals surface area contributed by atoms with Crippen LogP contribution in [0.2, 0.25) is 0 Å². The molecule has 0 aliphatic carbocycles. The maximum atomic E-state index is 0. The maximum Gasteiger partial charge on any atom is 3.00 e. The van der Waals surface area contributed by atoms with Crippen LogP contribution >= 0.6 is 0 Å². The van der Waals surface area contributed by atoms with Crippen molar-refractivity contribution >= 4 is 23.1 Å². The number of rotatable bonds is 0. The van der Waals surface area contributed by atoms with Crippen LogP contribution in [0.5, 0.6) is 0 Å². The molecule has 0 unspecified atom stereocenters. The Morgan fingerprint density at radius 2 is 0.750 bits per heavy atom. The summed E-state index contributed by atoms with van der Waals surface area (Å²) in [6, 6.07) is 0. The molecular formula is CrMgO2+. The van der Waals surface area contributed by atoms with Gasteiger partial charge in [-0.25, -0.2) is 0 Å². The van der Waals surface area contributed by atoms with Gasteiger partial charge in [0.15, 0.2) is 0 Å². The average Bonchev–Trinajstić information content (AvgIpc) is 0. The normalized spacial score (nSPS) is 0. The number of hydrogen-bond acceptors (Lipinski definition) is 0. The molecule has 0 atom stereocenters. The van der Waals surface area contributed by atoms with Gasteiger partial charge in [0.1, 0.15) is 0 Å². The molecule has 4 heteroatoms. The van der Waals surface area contributed by atoms with E-state index in [4.69, 9.17) is 0 Å². The Labute approximate surface area is 51.5 Å². The summed E-state index contributed by atoms with van der Waals surface area (Å²) in [5.41, 5.74) is 0. The molecule has 0 amide bonds. The third-order valence-electron chi connectivity index (χ3n) is 0. The summed E-state index contributed by atoms with van der Waals surface area (Å²) in [5.74, 6) is 0. The summed E-state index contributed by atoms with van der Waals surface area (Å²) in [6.45, 7) is 0. The van der Waals surface area contributed by atoms with Gasteiger partial charge in [-0.2, -0.15) is 0 Å². The van der Waals surface area contributed by atoms with Crippen molar-refractivity contribution < 1.29 is 28.3 Å². The van der Waals surface area contributed by atoms with E-state index in [0.29, 0.717) is 0 Å². The molecular weight excluding hydrogens is 108 g/mol. The van der Waals surface area contributed by atoms with Crippen LogP contribution in [0.1, 0.15) is 0 Å². The molecule has 0 aliphatic rings. The van der Waals surface area contributed by atoms with Crippen LogP contribution in [-0.2, 0) is 28.3 Å². The molecule has 0 aromatic carbocycles. The van der Waals surface area contributed by atoms with E-state index in [0.717, 1.165) is 0 Å². The van der Waals surface area contributed by atoms with Crippen molar-refractivity contribution in [1.29, 1.82) is 0 Å². The van der Waals surface area contributed by atoms with Crippen molar-refractivity contribution in [2.24, 2.45) is 0 Å². The topological polar surface area (TPSA) is 57.0 Å². The van der Waals surface area contributed by atoms with Gasteiger partial charge in [0, 0.05) is 0 Å². The SMILES string of the molecule is [Cr+3].[Mg+2].[O-2].[O-2]. The zero-order valence-electron chi connectivity index (χ0n) is 1.93. The first-order valence-corrected chi connectivity index (χ1v) is 0. The van der Waals surface area contributed by atoms with Crippen molar-refractivity contribution in [2.75, 3.05) is 0 Å². The molecule has 0 saturated carbocycles. The van der Waals surface area contributed by atoms with Crippen molar-refractivity contribution in [3.05, 3.63) is 0 Å². The van der Waals surface area contributed by atoms with Crippen LogP contribution in [0.4, 0.5) is 0 Å².